The summed E-state index contributed by atoms with van der Waals surface area (Å²) in [4.78, 5) is 38.2. The van der Waals surface area contributed by atoms with E-state index in [1.54, 1.807) is 0 Å². The molecule has 1 atom stereocenters. The third kappa shape index (κ3) is 56.3. The molecule has 6 heteroatoms. The Morgan fingerprint density at radius 3 is 0.886 bits per heavy atom. The zero-order valence-corrected chi connectivity index (χ0v) is 46.8. The molecule has 6 nitrogen and oxygen atoms in total. The molecule has 0 aliphatic carbocycles. The van der Waals surface area contributed by atoms with Gasteiger partial charge in [0.25, 0.3) is 0 Å². The molecule has 0 aromatic carbocycles. The van der Waals surface area contributed by atoms with Gasteiger partial charge in [0.2, 0.25) is 0 Å². The van der Waals surface area contributed by atoms with Gasteiger partial charge in [0, 0.05) is 19.3 Å². The molecule has 0 aliphatic rings. The van der Waals surface area contributed by atoms with E-state index in [4.69, 9.17) is 14.2 Å². The van der Waals surface area contributed by atoms with Gasteiger partial charge < -0.3 is 14.2 Å². The van der Waals surface area contributed by atoms with Crippen LogP contribution in [0.2, 0.25) is 0 Å². The van der Waals surface area contributed by atoms with E-state index in [1.807, 2.05) is 0 Å². The van der Waals surface area contributed by atoms with Gasteiger partial charge in [-0.2, -0.15) is 0 Å². The Morgan fingerprint density at radius 2 is 0.557 bits per heavy atom. The Bertz CT molecular complexity index is 1220. The molecule has 408 valence electrons. The van der Waals surface area contributed by atoms with E-state index in [2.05, 4.69) is 69.4 Å². The van der Waals surface area contributed by atoms with Gasteiger partial charge in [-0.3, -0.25) is 14.4 Å². The molecule has 0 aromatic rings. The maximum absolute atomic E-state index is 12.9. The number of rotatable bonds is 56. The van der Waals surface area contributed by atoms with Crippen molar-refractivity contribution in [2.45, 2.75) is 329 Å². The average molecular weight is 982 g/mol. The lowest BCUT2D eigenvalue weighted by molar-refractivity contribution is -0.167. The largest absolute Gasteiger partial charge is 0.462 e. The number of esters is 3. The van der Waals surface area contributed by atoms with Crippen molar-refractivity contribution in [1.82, 2.24) is 0 Å². The number of ether oxygens (including phenoxy) is 3. The van der Waals surface area contributed by atoms with E-state index in [0.29, 0.717) is 19.3 Å². The standard InChI is InChI=1S/C64H116O6/c1-4-7-10-13-16-19-22-25-28-29-30-31-32-33-34-35-37-39-42-45-48-51-54-57-63(66)69-60-61(59-68-62(65)56-53-50-47-44-41-38-27-24-21-18-15-12-9-6-3)70-64(67)58-55-52-49-46-43-40-36-26-23-20-17-14-11-8-5-2/h8,11,17,20,24,26-27,36,61H,4-7,9-10,12-16,18-19,21-23,25,28-35,37-60H2,1-3H3/b11-8-,20-17-,27-24-,36-26-. The van der Waals surface area contributed by atoms with Crippen molar-refractivity contribution in [2.75, 3.05) is 13.2 Å². The van der Waals surface area contributed by atoms with Crippen LogP contribution in [-0.4, -0.2) is 37.2 Å². The monoisotopic (exact) mass is 981 g/mol. The fourth-order valence-electron chi connectivity index (χ4n) is 8.98. The number of hydrogen-bond donors (Lipinski definition) is 0. The van der Waals surface area contributed by atoms with Crippen LogP contribution in [0.4, 0.5) is 0 Å². The third-order valence-corrected chi connectivity index (χ3v) is 13.6. The van der Waals surface area contributed by atoms with Crippen LogP contribution in [0.3, 0.4) is 0 Å². The van der Waals surface area contributed by atoms with Crippen molar-refractivity contribution in [3.63, 3.8) is 0 Å². The van der Waals surface area contributed by atoms with Crippen molar-refractivity contribution in [2.24, 2.45) is 0 Å². The topological polar surface area (TPSA) is 78.9 Å². The first-order valence-electron chi connectivity index (χ1n) is 30.6. The first-order chi connectivity index (χ1) is 34.5. The second-order valence-electron chi connectivity index (χ2n) is 20.6. The molecule has 0 aliphatic heterocycles. The van der Waals surface area contributed by atoms with Crippen molar-refractivity contribution in [3.8, 4) is 0 Å². The van der Waals surface area contributed by atoms with Gasteiger partial charge in [0.1, 0.15) is 13.2 Å². The van der Waals surface area contributed by atoms with Gasteiger partial charge in [-0.25, -0.2) is 0 Å². The summed E-state index contributed by atoms with van der Waals surface area (Å²) in [5.41, 5.74) is 0. The van der Waals surface area contributed by atoms with Crippen molar-refractivity contribution in [1.29, 1.82) is 0 Å². The average Bonchev–Trinajstić information content (AvgIpc) is 3.36. The van der Waals surface area contributed by atoms with Crippen LogP contribution in [-0.2, 0) is 28.6 Å². The number of unbranched alkanes of at least 4 members (excludes halogenated alkanes) is 37. The van der Waals surface area contributed by atoms with Crippen LogP contribution in [0.25, 0.3) is 0 Å². The molecule has 0 saturated carbocycles. The van der Waals surface area contributed by atoms with Gasteiger partial charge in [-0.05, 0) is 77.0 Å². The van der Waals surface area contributed by atoms with Crippen LogP contribution in [0, 0.1) is 0 Å². The van der Waals surface area contributed by atoms with Gasteiger partial charge >= 0.3 is 17.9 Å². The zero-order valence-electron chi connectivity index (χ0n) is 46.8. The number of carbonyl (C=O) groups is 3. The first kappa shape index (κ1) is 67.4. The quantitative estimate of drug-likeness (QED) is 0.0261. The van der Waals surface area contributed by atoms with Crippen molar-refractivity contribution in [3.05, 3.63) is 48.6 Å². The highest BCUT2D eigenvalue weighted by Gasteiger charge is 2.19. The molecule has 0 radical (unpaired) electrons. The van der Waals surface area contributed by atoms with E-state index >= 15 is 0 Å². The SMILES string of the molecule is CC/C=C\C/C=C\C/C=C\CCCCCCCC(=O)OC(COC(=O)CCCCCCC/C=C\CCCCCCC)COC(=O)CCCCCCCCCCCCCCCCCCCCCCCCC. The smallest absolute Gasteiger partial charge is 0.306 e. The maximum atomic E-state index is 12.9. The van der Waals surface area contributed by atoms with Crippen LogP contribution >= 0.6 is 0 Å². The molecule has 0 aromatic heterocycles. The predicted molar refractivity (Wildman–Crippen MR) is 302 cm³/mol. The van der Waals surface area contributed by atoms with Gasteiger partial charge in [-0.1, -0.05) is 275 Å². The fourth-order valence-corrected chi connectivity index (χ4v) is 8.98. The predicted octanol–water partition coefficient (Wildman–Crippen LogP) is 20.6. The third-order valence-electron chi connectivity index (χ3n) is 13.6. The molecule has 1 unspecified atom stereocenters. The lowest BCUT2D eigenvalue weighted by atomic mass is 10.0. The van der Waals surface area contributed by atoms with E-state index in [0.717, 1.165) is 103 Å². The Kier molecular flexibility index (Phi) is 56.7. The van der Waals surface area contributed by atoms with Crippen molar-refractivity contribution < 1.29 is 28.6 Å². The fraction of sp³-hybridized carbons (Fsp3) is 0.828. The normalized spacial score (nSPS) is 12.3. The Hall–Kier alpha value is -2.63. The summed E-state index contributed by atoms with van der Waals surface area (Å²) < 4.78 is 16.9. The maximum Gasteiger partial charge on any atom is 0.306 e. The molecule has 0 N–H and O–H groups in total. The highest BCUT2D eigenvalue weighted by Crippen LogP contribution is 2.17. The molecule has 0 saturated heterocycles. The molecule has 0 rings (SSSR count). The first-order valence-corrected chi connectivity index (χ1v) is 30.6. The number of carbonyl (C=O) groups excluding carboxylic acids is 3. The van der Waals surface area contributed by atoms with Crippen LogP contribution in [0.5, 0.6) is 0 Å². The van der Waals surface area contributed by atoms with E-state index in [9.17, 15) is 14.4 Å². The van der Waals surface area contributed by atoms with Crippen LogP contribution in [0.1, 0.15) is 323 Å². The Morgan fingerprint density at radius 1 is 0.300 bits per heavy atom. The molecular weight excluding hydrogens is 865 g/mol. The molecule has 0 fully saturated rings. The van der Waals surface area contributed by atoms with E-state index in [-0.39, 0.29) is 31.1 Å². The lowest BCUT2D eigenvalue weighted by Crippen LogP contribution is -2.30. The Balaban J connectivity index is 4.28. The molecule has 0 bridgehead atoms. The molecule has 0 amide bonds. The second-order valence-corrected chi connectivity index (χ2v) is 20.6. The molecule has 70 heavy (non-hydrogen) atoms. The van der Waals surface area contributed by atoms with Crippen LogP contribution < -0.4 is 0 Å². The Labute approximate surface area is 435 Å². The minimum absolute atomic E-state index is 0.0796. The number of allylic oxidation sites excluding steroid dienone is 8. The summed E-state index contributed by atoms with van der Waals surface area (Å²) in [6, 6.07) is 0. The highest BCUT2D eigenvalue weighted by molar-refractivity contribution is 5.71. The van der Waals surface area contributed by atoms with Crippen LogP contribution in [0.15, 0.2) is 48.6 Å². The summed E-state index contributed by atoms with van der Waals surface area (Å²) in [5, 5.41) is 0. The minimum Gasteiger partial charge on any atom is -0.462 e. The summed E-state index contributed by atoms with van der Waals surface area (Å²) in [7, 11) is 0. The number of hydrogen-bond acceptors (Lipinski definition) is 6. The molecule has 0 spiro atoms. The summed E-state index contributed by atoms with van der Waals surface area (Å²) >= 11 is 0. The second kappa shape index (κ2) is 58.9. The van der Waals surface area contributed by atoms with E-state index in [1.165, 1.54) is 180 Å². The van der Waals surface area contributed by atoms with E-state index < -0.39 is 6.10 Å². The van der Waals surface area contributed by atoms with Gasteiger partial charge in [0.05, 0.1) is 0 Å². The summed E-state index contributed by atoms with van der Waals surface area (Å²) in [6.07, 6.45) is 72.6. The van der Waals surface area contributed by atoms with Gasteiger partial charge in [-0.15, -0.1) is 0 Å². The molecule has 0 heterocycles. The van der Waals surface area contributed by atoms with Gasteiger partial charge in [0.15, 0.2) is 6.10 Å². The highest BCUT2D eigenvalue weighted by atomic mass is 16.6. The molecular formula is C64H116O6. The van der Waals surface area contributed by atoms with Crippen molar-refractivity contribution >= 4 is 17.9 Å². The lowest BCUT2D eigenvalue weighted by Gasteiger charge is -2.18. The summed E-state index contributed by atoms with van der Waals surface area (Å²) in [5.74, 6) is -0.889. The summed E-state index contributed by atoms with van der Waals surface area (Å²) in [6.45, 7) is 6.54. The zero-order chi connectivity index (χ0) is 50.7. The minimum atomic E-state index is -0.784.